The molecule has 0 aliphatic carbocycles. The zero-order valence-corrected chi connectivity index (χ0v) is 15.6. The van der Waals surface area contributed by atoms with Crippen LogP contribution in [0, 0.1) is 5.82 Å². The maximum Gasteiger partial charge on any atom is 0.123 e. The average molecular weight is 368 g/mol. The van der Waals surface area contributed by atoms with E-state index in [0.29, 0.717) is 0 Å². The molecule has 0 radical (unpaired) electrons. The molecule has 4 nitrogen and oxygen atoms in total. The molecule has 1 aliphatic rings. The van der Waals surface area contributed by atoms with E-state index in [-0.39, 0.29) is 11.9 Å². The van der Waals surface area contributed by atoms with Crippen molar-refractivity contribution in [1.82, 2.24) is 14.2 Å². The molecular formula is C20H21FN4S. The van der Waals surface area contributed by atoms with Gasteiger partial charge in [-0.15, -0.1) is 0 Å². The van der Waals surface area contributed by atoms with Gasteiger partial charge in [-0.25, -0.2) is 8.70 Å². The Balaban J connectivity index is 1.81. The van der Waals surface area contributed by atoms with Crippen molar-refractivity contribution in [2.24, 2.45) is 0 Å². The highest BCUT2D eigenvalue weighted by Crippen LogP contribution is 2.44. The number of fused-ring (bicyclic) bond motifs is 3. The van der Waals surface area contributed by atoms with Crippen LogP contribution in [0.25, 0.3) is 10.9 Å². The molecule has 1 unspecified atom stereocenters. The number of benzene rings is 2. The van der Waals surface area contributed by atoms with Gasteiger partial charge in [0, 0.05) is 42.4 Å². The maximum absolute atomic E-state index is 13.5. The zero-order chi connectivity index (χ0) is 18.1. The summed E-state index contributed by atoms with van der Waals surface area (Å²) in [6.07, 6.45) is 1.82. The first-order valence-electron chi connectivity index (χ1n) is 8.61. The highest BCUT2D eigenvalue weighted by molar-refractivity contribution is 7.98. The van der Waals surface area contributed by atoms with Gasteiger partial charge < -0.3 is 9.62 Å². The highest BCUT2D eigenvalue weighted by atomic mass is 32.2. The first-order valence-corrected chi connectivity index (χ1v) is 9.38. The Morgan fingerprint density at radius 1 is 1.15 bits per heavy atom. The van der Waals surface area contributed by atoms with Gasteiger partial charge in [0.25, 0.3) is 0 Å². The lowest BCUT2D eigenvalue weighted by Crippen LogP contribution is -2.34. The molecule has 0 fully saturated rings. The lowest BCUT2D eigenvalue weighted by molar-refractivity contribution is 0.324. The Labute approximate surface area is 157 Å². The molecule has 6 heteroatoms. The summed E-state index contributed by atoms with van der Waals surface area (Å²) in [5.41, 5.74) is 4.26. The van der Waals surface area contributed by atoms with Gasteiger partial charge in [-0.3, -0.25) is 4.98 Å². The van der Waals surface area contributed by atoms with E-state index in [2.05, 4.69) is 51.2 Å². The number of rotatable bonds is 4. The number of nitrogens with one attached hydrogen (secondary N) is 1. The van der Waals surface area contributed by atoms with Crippen molar-refractivity contribution in [2.75, 3.05) is 31.9 Å². The van der Waals surface area contributed by atoms with Crippen LogP contribution in [0.5, 0.6) is 0 Å². The van der Waals surface area contributed by atoms with Gasteiger partial charge in [0.2, 0.25) is 0 Å². The summed E-state index contributed by atoms with van der Waals surface area (Å²) in [4.78, 5) is 6.74. The van der Waals surface area contributed by atoms with Gasteiger partial charge in [0.1, 0.15) is 5.82 Å². The Bertz CT molecular complexity index is 913. The predicted octanol–water partition coefficient (Wildman–Crippen LogP) is 4.32. The molecule has 4 rings (SSSR count). The van der Waals surface area contributed by atoms with Crippen molar-refractivity contribution >= 4 is 28.7 Å². The van der Waals surface area contributed by atoms with Crippen molar-refractivity contribution in [1.29, 1.82) is 0 Å². The summed E-state index contributed by atoms with van der Waals surface area (Å²) >= 11 is 1.59. The monoisotopic (exact) mass is 368 g/mol. The third kappa shape index (κ3) is 3.28. The number of hydrogen-bond acceptors (Lipinski definition) is 5. The van der Waals surface area contributed by atoms with Crippen molar-refractivity contribution in [3.63, 3.8) is 0 Å². The number of pyridine rings is 1. The van der Waals surface area contributed by atoms with Crippen LogP contribution >= 0.6 is 12.1 Å². The molecule has 0 saturated carbocycles. The fraction of sp³-hybridized carbons (Fsp3) is 0.250. The molecule has 1 atom stereocenters. The average Bonchev–Trinajstić information content (AvgIpc) is 2.66. The van der Waals surface area contributed by atoms with Gasteiger partial charge in [-0.1, -0.05) is 30.3 Å². The fourth-order valence-electron chi connectivity index (χ4n) is 3.27. The molecule has 0 amide bonds. The second kappa shape index (κ2) is 7.23. The van der Waals surface area contributed by atoms with Crippen LogP contribution in [-0.2, 0) is 0 Å². The molecule has 0 bridgehead atoms. The molecule has 2 heterocycles. The van der Waals surface area contributed by atoms with Crippen LogP contribution in [0.15, 0.2) is 54.7 Å². The standard InChI is InChI=1S/C20H21FN4S/c1-24(2)12-13-25-20(15-5-8-16(21)9-6-15)17-10-7-14-4-3-11-22-18(14)19(17)23-26-25/h3-11,20,23H,12-13H2,1-2H3. The van der Waals surface area contributed by atoms with Crippen LogP contribution in [0.2, 0.25) is 0 Å². The minimum absolute atomic E-state index is 0.0446. The van der Waals surface area contributed by atoms with E-state index in [0.717, 1.165) is 35.2 Å². The second-order valence-electron chi connectivity index (χ2n) is 6.70. The van der Waals surface area contributed by atoms with Gasteiger partial charge in [0.05, 0.1) is 17.2 Å². The first kappa shape index (κ1) is 17.3. The van der Waals surface area contributed by atoms with E-state index < -0.39 is 0 Å². The summed E-state index contributed by atoms with van der Waals surface area (Å²) in [5.74, 6) is -0.212. The number of anilines is 1. The van der Waals surface area contributed by atoms with Gasteiger partial charge in [0.15, 0.2) is 0 Å². The third-order valence-electron chi connectivity index (χ3n) is 4.61. The highest BCUT2D eigenvalue weighted by Gasteiger charge is 2.31. The Morgan fingerprint density at radius 3 is 2.73 bits per heavy atom. The second-order valence-corrected chi connectivity index (χ2v) is 7.55. The minimum atomic E-state index is -0.212. The molecule has 0 spiro atoms. The summed E-state index contributed by atoms with van der Waals surface area (Å²) in [7, 11) is 4.14. The molecule has 134 valence electrons. The SMILES string of the molecule is CN(C)CCN1SNc2c(ccc3cccnc23)C1c1ccc(F)cc1. The van der Waals surface area contributed by atoms with Gasteiger partial charge in [-0.2, -0.15) is 0 Å². The molecule has 26 heavy (non-hydrogen) atoms. The van der Waals surface area contributed by atoms with Crippen molar-refractivity contribution in [3.8, 4) is 0 Å². The predicted molar refractivity (Wildman–Crippen MR) is 106 cm³/mol. The molecule has 1 N–H and O–H groups in total. The van der Waals surface area contributed by atoms with Crippen LogP contribution < -0.4 is 4.72 Å². The third-order valence-corrected chi connectivity index (χ3v) is 5.53. The van der Waals surface area contributed by atoms with Crippen molar-refractivity contribution in [3.05, 3.63) is 71.7 Å². The zero-order valence-electron chi connectivity index (χ0n) is 14.8. The molecule has 2 aromatic carbocycles. The Hall–Kier alpha value is -2.15. The summed E-state index contributed by atoms with van der Waals surface area (Å²) in [6.45, 7) is 1.82. The molecule has 0 saturated heterocycles. The topological polar surface area (TPSA) is 31.4 Å². The number of halogens is 1. The van der Waals surface area contributed by atoms with Gasteiger partial charge in [-0.05, 0) is 37.9 Å². The number of likely N-dealkylation sites (N-methyl/N-ethyl adjacent to an activating group) is 1. The quantitative estimate of drug-likeness (QED) is 0.694. The van der Waals surface area contributed by atoms with E-state index in [1.54, 1.807) is 12.1 Å². The largest absolute Gasteiger partial charge is 0.314 e. The van der Waals surface area contributed by atoms with E-state index in [9.17, 15) is 4.39 Å². The van der Waals surface area contributed by atoms with Crippen molar-refractivity contribution < 1.29 is 4.39 Å². The number of aromatic nitrogens is 1. The normalized spacial score (nSPS) is 17.3. The first-order chi connectivity index (χ1) is 12.6. The van der Waals surface area contributed by atoms with E-state index >= 15 is 0 Å². The van der Waals surface area contributed by atoms with Crippen LogP contribution in [-0.4, -0.2) is 41.4 Å². The fourth-order valence-corrected chi connectivity index (χ4v) is 4.21. The summed E-state index contributed by atoms with van der Waals surface area (Å²) in [5, 5.41) is 1.11. The van der Waals surface area contributed by atoms with Crippen LogP contribution in [0.4, 0.5) is 10.1 Å². The Kier molecular flexibility index (Phi) is 4.80. The Morgan fingerprint density at radius 2 is 1.96 bits per heavy atom. The number of hydrogen-bond donors (Lipinski definition) is 1. The van der Waals surface area contributed by atoms with Crippen molar-refractivity contribution in [2.45, 2.75) is 6.04 Å². The maximum atomic E-state index is 13.5. The number of nitrogens with zero attached hydrogens (tertiary/aromatic N) is 3. The van der Waals surface area contributed by atoms with Gasteiger partial charge >= 0.3 is 0 Å². The molecule has 1 aliphatic heterocycles. The van der Waals surface area contributed by atoms with E-state index in [1.165, 1.54) is 17.7 Å². The molecule has 3 aromatic rings. The summed E-state index contributed by atoms with van der Waals surface area (Å²) < 4.78 is 19.2. The van der Waals surface area contributed by atoms with Crippen LogP contribution in [0.1, 0.15) is 17.2 Å². The summed E-state index contributed by atoms with van der Waals surface area (Å²) in [6, 6.07) is 15.1. The van der Waals surface area contributed by atoms with E-state index in [1.807, 2.05) is 24.4 Å². The molecular weight excluding hydrogens is 347 g/mol. The lowest BCUT2D eigenvalue weighted by atomic mass is 9.95. The minimum Gasteiger partial charge on any atom is -0.314 e. The van der Waals surface area contributed by atoms with E-state index in [4.69, 9.17) is 0 Å². The molecule has 1 aromatic heterocycles. The van der Waals surface area contributed by atoms with Crippen LogP contribution in [0.3, 0.4) is 0 Å². The smallest absolute Gasteiger partial charge is 0.123 e. The lowest BCUT2D eigenvalue weighted by Gasteiger charge is -2.37.